The molecule has 0 heterocycles. The quantitative estimate of drug-likeness (QED) is 0.00907. The van der Waals surface area contributed by atoms with Gasteiger partial charge in [-0.25, -0.2) is 4.79 Å². The molecule has 3 aromatic rings. The van der Waals surface area contributed by atoms with E-state index in [0.717, 1.165) is 22.3 Å². The van der Waals surface area contributed by atoms with E-state index >= 15 is 24.0 Å². The number of hydrogen-bond donors (Lipinski definition) is 7. The van der Waals surface area contributed by atoms with Crippen LogP contribution in [0.1, 0.15) is 368 Å². The fourth-order valence-corrected chi connectivity index (χ4v) is 15.5. The lowest BCUT2D eigenvalue weighted by atomic mass is 9.80. The molecule has 8 N–H and O–H groups in total. The number of nitrogens with two attached hydrogens (primary N) is 1. The van der Waals surface area contributed by atoms with Crippen molar-refractivity contribution in [2.24, 2.45) is 0 Å². The first-order valence-corrected chi connectivity index (χ1v) is 47.3. The maximum absolute atomic E-state index is 16.3. The van der Waals surface area contributed by atoms with Gasteiger partial charge in [0.25, 0.3) is 5.91 Å². The first-order valence-electron chi connectivity index (χ1n) is 47.3. The van der Waals surface area contributed by atoms with Crippen LogP contribution in [-0.4, -0.2) is 188 Å². The predicted octanol–water partition coefficient (Wildman–Crippen LogP) is 16.2. The van der Waals surface area contributed by atoms with Gasteiger partial charge in [-0.15, -0.1) is 6.42 Å². The summed E-state index contributed by atoms with van der Waals surface area (Å²) in [7, 11) is 0. The fourth-order valence-electron chi connectivity index (χ4n) is 15.5. The summed E-state index contributed by atoms with van der Waals surface area (Å²) in [6.45, 7) is 43.4. The van der Waals surface area contributed by atoms with Gasteiger partial charge < -0.3 is 84.4 Å². The van der Waals surface area contributed by atoms with Crippen LogP contribution in [-0.2, 0) is 114 Å². The summed E-state index contributed by atoms with van der Waals surface area (Å²) in [4.78, 5) is 219. The Kier molecular flexibility index (Phi) is 43.5. The number of amides is 6. The van der Waals surface area contributed by atoms with E-state index in [4.69, 9.17) is 64.3 Å². The first-order chi connectivity index (χ1) is 62.8. The molecular weight excluding hydrogens is 1760 g/mol. The summed E-state index contributed by atoms with van der Waals surface area (Å²) in [6.07, 6.45) is -5.01. The molecule has 6 amide bonds. The molecule has 764 valence electrons. The van der Waals surface area contributed by atoms with Crippen molar-refractivity contribution in [2.45, 2.75) is 426 Å². The zero-order chi connectivity index (χ0) is 104. The van der Waals surface area contributed by atoms with Gasteiger partial charge in [0.15, 0.2) is 0 Å². The maximum atomic E-state index is 16.3. The largest absolute Gasteiger partial charge is 0.460 e. The van der Waals surface area contributed by atoms with Crippen molar-refractivity contribution in [2.75, 3.05) is 30.9 Å². The van der Waals surface area contributed by atoms with Crippen LogP contribution in [0.25, 0.3) is 11.1 Å². The molecule has 3 aromatic carbocycles. The number of carbonyl (C=O) groups is 15. The molecule has 1 atom stereocenters. The van der Waals surface area contributed by atoms with Gasteiger partial charge in [0.1, 0.15) is 69.7 Å². The highest BCUT2D eigenvalue weighted by Crippen LogP contribution is 2.45. The van der Waals surface area contributed by atoms with Gasteiger partial charge in [0, 0.05) is 111 Å². The van der Waals surface area contributed by atoms with Crippen molar-refractivity contribution < 1.29 is 124 Å². The highest BCUT2D eigenvalue weighted by atomic mass is 16.6. The third kappa shape index (κ3) is 47.6. The van der Waals surface area contributed by atoms with Crippen LogP contribution in [0.2, 0.25) is 0 Å². The van der Waals surface area contributed by atoms with Crippen molar-refractivity contribution in [1.29, 1.82) is 0 Å². The number of fused-ring (bicyclic) bond motifs is 3. The van der Waals surface area contributed by atoms with Crippen LogP contribution in [0, 0.1) is 12.3 Å². The fraction of sp³-hybridized carbons (Fsp3) is 0.663. The Morgan fingerprint density at radius 3 is 0.847 bits per heavy atom. The molecule has 1 aliphatic carbocycles. The minimum atomic E-state index is -2.13. The van der Waals surface area contributed by atoms with E-state index in [1.165, 1.54) is 18.2 Å². The maximum Gasteiger partial charge on any atom is 0.411 e. The molecule has 33 heteroatoms. The lowest BCUT2D eigenvalue weighted by molar-refractivity contribution is -0.158. The summed E-state index contributed by atoms with van der Waals surface area (Å²) in [5, 5.41) is 17.6. The molecule has 0 aromatic heterocycles. The normalized spacial score (nSPS) is 13.1. The second-order valence-electron chi connectivity index (χ2n) is 44.5. The molecule has 0 aliphatic heterocycles. The van der Waals surface area contributed by atoms with Gasteiger partial charge in [0.2, 0.25) is 23.6 Å². The van der Waals surface area contributed by atoms with Crippen LogP contribution in [0.3, 0.4) is 0 Å². The SMILES string of the molecule is C#CCOCC(NC(=O)c1ccc(N)c(NC(=O)OCC2c3ccccc3-c3ccccc32)c1)C(=O)NC(CCC(=O)NC(CCC(=O)OC(C)(C)C)(CCC(=O)OC(C)(C)C)CCC(=O)OC(C)(C)C)(CCC(=O)NC(CCC(=O)OC(C)(C)C)(CCC(=O)OC(C)(C)C)CCC(=O)OC(C)(C)C)CCC(=O)NC(CCC(=O)OC(C)(C)C)(CCC(=O)OC(C)(C)C)CCC(=O)OC(C)(C)C. The third-order valence-corrected chi connectivity index (χ3v) is 21.1. The molecule has 0 fully saturated rings. The van der Waals surface area contributed by atoms with Crippen LogP contribution in [0.15, 0.2) is 66.7 Å². The minimum absolute atomic E-state index is 0.00677. The molecule has 0 radical (unpaired) electrons. The number of ether oxygens (including phenoxy) is 11. The minimum Gasteiger partial charge on any atom is -0.460 e. The van der Waals surface area contributed by atoms with Crippen molar-refractivity contribution in [3.8, 4) is 23.5 Å². The summed E-state index contributed by atoms with van der Waals surface area (Å²) in [5.74, 6) is -9.11. The Labute approximate surface area is 810 Å². The predicted molar refractivity (Wildman–Crippen MR) is 517 cm³/mol. The molecule has 0 saturated carbocycles. The Bertz CT molecular complexity index is 4130. The smallest absolute Gasteiger partial charge is 0.411 e. The standard InChI is InChI=1S/C104H157N7O26/c1-29-64-127-67-76(106-89(124)68-38-39-74(105)75(65-68)107-91(126)128-66-73-71-36-32-30-34-69(71)70-35-31-33-37-72(70)73)90(125)111-104(52-40-77(112)108-101(55-43-80(115)129-92(2,3)4,56-44-81(116)130-93(5,6)7)57-45-82(117)131-94(8,9)10,53-41-78(113)109-102(58-46-83(118)132-95(11,12)13,59-47-84(119)133-96(14,15)16)60-48-85(120)134-97(17,18)19)54-42-79(114)110-103(61-49-86(121)135-98(20,21)22,62-50-87(122)136-99(23,24)25)63-51-88(123)137-100(26,27)28/h1,30-39,65,73,76H,40-64,66-67,105H2,2-28H3,(H,106,124)(H,107,126)(H,108,112)(H,109,113)(H,110,114)(H,111,125). The van der Waals surface area contributed by atoms with E-state index in [9.17, 15) is 47.9 Å². The number of benzene rings is 3. The Balaban J connectivity index is 2.19. The second kappa shape index (κ2) is 50.4. The van der Waals surface area contributed by atoms with Crippen LogP contribution in [0.5, 0.6) is 0 Å². The average Bonchev–Trinajstić information content (AvgIpc) is 1.61. The molecule has 137 heavy (non-hydrogen) atoms. The zero-order valence-corrected chi connectivity index (χ0v) is 86.4. The van der Waals surface area contributed by atoms with Crippen LogP contribution in [0.4, 0.5) is 16.2 Å². The van der Waals surface area contributed by atoms with Crippen molar-refractivity contribution in [1.82, 2.24) is 26.6 Å². The summed E-state index contributed by atoms with van der Waals surface area (Å²) in [6, 6.07) is 17.5. The number of nitrogen functional groups attached to an aromatic ring is 1. The van der Waals surface area contributed by atoms with E-state index in [-0.39, 0.29) is 87.3 Å². The third-order valence-electron chi connectivity index (χ3n) is 21.1. The highest BCUT2D eigenvalue weighted by molar-refractivity contribution is 6.01. The topological polar surface area (TPSA) is 456 Å². The summed E-state index contributed by atoms with van der Waals surface area (Å²) < 4.78 is 63.8. The van der Waals surface area contributed by atoms with Crippen molar-refractivity contribution in [3.63, 3.8) is 0 Å². The highest BCUT2D eigenvalue weighted by Gasteiger charge is 2.44. The van der Waals surface area contributed by atoms with Gasteiger partial charge >= 0.3 is 59.8 Å². The van der Waals surface area contributed by atoms with Crippen LogP contribution >= 0.6 is 0 Å². The number of nitrogens with one attached hydrogen (secondary N) is 6. The Morgan fingerprint density at radius 2 is 0.591 bits per heavy atom. The van der Waals surface area contributed by atoms with E-state index in [1.807, 2.05) is 48.5 Å². The number of rotatable bonds is 49. The van der Waals surface area contributed by atoms with E-state index < -0.39 is 277 Å². The number of esters is 9. The molecule has 1 unspecified atom stereocenters. The molecule has 1 aliphatic rings. The Hall–Kier alpha value is -11.2. The van der Waals surface area contributed by atoms with E-state index in [1.54, 1.807) is 187 Å². The molecule has 4 rings (SSSR count). The van der Waals surface area contributed by atoms with Gasteiger partial charge in [0.05, 0.1) is 18.0 Å². The zero-order valence-electron chi connectivity index (χ0n) is 86.4. The monoisotopic (exact) mass is 1920 g/mol. The molecular formula is C104H157N7O26. The van der Waals surface area contributed by atoms with Gasteiger partial charge in [-0.05, 0) is 304 Å². The van der Waals surface area contributed by atoms with Gasteiger partial charge in [-0.1, -0.05) is 54.5 Å². The van der Waals surface area contributed by atoms with Gasteiger partial charge in [-0.3, -0.25) is 72.4 Å². The van der Waals surface area contributed by atoms with Crippen LogP contribution < -0.4 is 37.6 Å². The molecule has 33 nitrogen and oxygen atoms in total. The number of terminal acetylenes is 1. The number of anilines is 2. The van der Waals surface area contributed by atoms with E-state index in [0.29, 0.717) is 0 Å². The molecule has 0 saturated heterocycles. The van der Waals surface area contributed by atoms with Crippen molar-refractivity contribution in [3.05, 3.63) is 83.4 Å². The average molecular weight is 1920 g/mol. The summed E-state index contributed by atoms with van der Waals surface area (Å²) >= 11 is 0. The Morgan fingerprint density at radius 1 is 0.343 bits per heavy atom. The summed E-state index contributed by atoms with van der Waals surface area (Å²) in [5.41, 5.74) is -6.22. The molecule has 0 bridgehead atoms. The lowest BCUT2D eigenvalue weighted by Crippen LogP contribution is -2.58. The van der Waals surface area contributed by atoms with E-state index in [2.05, 4.69) is 37.8 Å². The lowest BCUT2D eigenvalue weighted by Gasteiger charge is -2.40. The van der Waals surface area contributed by atoms with Gasteiger partial charge in [-0.2, -0.15) is 0 Å². The van der Waals surface area contributed by atoms with Crippen molar-refractivity contribution >= 4 is 101 Å². The second-order valence-corrected chi connectivity index (χ2v) is 44.5. The molecule has 0 spiro atoms. The number of hydrogen-bond acceptors (Lipinski definition) is 27. The number of carbonyl (C=O) groups excluding carboxylic acids is 15. The first kappa shape index (κ1) is 118.